The summed E-state index contributed by atoms with van der Waals surface area (Å²) >= 11 is 0. The van der Waals surface area contributed by atoms with Crippen LogP contribution in [0.3, 0.4) is 0 Å². The van der Waals surface area contributed by atoms with Gasteiger partial charge in [-0.25, -0.2) is 4.39 Å². The molecule has 1 amide bonds. The molecular formula is C16H25FN2O. The lowest BCUT2D eigenvalue weighted by molar-refractivity contribution is -0.123. The van der Waals surface area contributed by atoms with Crippen LogP contribution in [-0.2, 0) is 4.79 Å². The van der Waals surface area contributed by atoms with E-state index in [0.29, 0.717) is 13.0 Å². The third-order valence-corrected chi connectivity index (χ3v) is 3.31. The van der Waals surface area contributed by atoms with Crippen LogP contribution in [-0.4, -0.2) is 12.5 Å². The minimum Gasteiger partial charge on any atom is -0.349 e. The van der Waals surface area contributed by atoms with Gasteiger partial charge < -0.3 is 11.1 Å². The molecule has 2 atom stereocenters. The van der Waals surface area contributed by atoms with E-state index in [4.69, 9.17) is 5.73 Å². The molecule has 0 spiro atoms. The van der Waals surface area contributed by atoms with E-state index in [1.54, 1.807) is 12.1 Å². The van der Waals surface area contributed by atoms with Crippen molar-refractivity contribution in [3.63, 3.8) is 0 Å². The Bertz CT molecular complexity index is 437. The molecule has 0 aromatic heterocycles. The molecule has 0 aliphatic heterocycles. The Kier molecular flexibility index (Phi) is 5.69. The highest BCUT2D eigenvalue weighted by molar-refractivity contribution is 5.76. The molecule has 20 heavy (non-hydrogen) atoms. The maximum atomic E-state index is 13.0. The number of nitrogens with one attached hydrogen (secondary N) is 1. The number of nitrogens with two attached hydrogens (primary N) is 1. The second-order valence-corrected chi connectivity index (χ2v) is 6.46. The van der Waals surface area contributed by atoms with Gasteiger partial charge in [-0.05, 0) is 35.6 Å². The zero-order valence-electron chi connectivity index (χ0n) is 12.7. The first-order valence-corrected chi connectivity index (χ1v) is 6.99. The molecule has 3 N–H and O–H groups in total. The largest absolute Gasteiger partial charge is 0.349 e. The summed E-state index contributed by atoms with van der Waals surface area (Å²) in [5.41, 5.74) is 6.30. The summed E-state index contributed by atoms with van der Waals surface area (Å²) in [6.07, 6.45) is 0.407. The molecule has 0 saturated heterocycles. The molecule has 4 heteroatoms. The number of hydrogen-bond acceptors (Lipinski definition) is 2. The quantitative estimate of drug-likeness (QED) is 0.871. The van der Waals surface area contributed by atoms with Crippen LogP contribution in [0, 0.1) is 17.2 Å². The molecule has 0 fully saturated rings. The van der Waals surface area contributed by atoms with Gasteiger partial charge in [0.1, 0.15) is 5.82 Å². The maximum absolute atomic E-state index is 13.0. The van der Waals surface area contributed by atoms with Crippen molar-refractivity contribution in [3.8, 4) is 0 Å². The van der Waals surface area contributed by atoms with Crippen molar-refractivity contribution in [2.45, 2.75) is 40.2 Å². The van der Waals surface area contributed by atoms with Crippen molar-refractivity contribution >= 4 is 5.91 Å². The molecule has 3 nitrogen and oxygen atoms in total. The Balaban J connectivity index is 2.86. The van der Waals surface area contributed by atoms with Gasteiger partial charge in [0, 0.05) is 6.42 Å². The highest BCUT2D eigenvalue weighted by atomic mass is 19.1. The van der Waals surface area contributed by atoms with Crippen molar-refractivity contribution in [3.05, 3.63) is 35.6 Å². The Morgan fingerprint density at radius 2 is 1.85 bits per heavy atom. The van der Waals surface area contributed by atoms with E-state index >= 15 is 0 Å². The summed E-state index contributed by atoms with van der Waals surface area (Å²) in [4.78, 5) is 12.1. The summed E-state index contributed by atoms with van der Waals surface area (Å²) in [5, 5.41) is 3.04. The van der Waals surface area contributed by atoms with Crippen molar-refractivity contribution in [2.24, 2.45) is 17.1 Å². The van der Waals surface area contributed by atoms with Crippen LogP contribution in [0.1, 0.15) is 45.7 Å². The van der Waals surface area contributed by atoms with E-state index in [9.17, 15) is 9.18 Å². The second kappa shape index (κ2) is 6.84. The summed E-state index contributed by atoms with van der Waals surface area (Å²) in [6, 6.07) is 6.13. The topological polar surface area (TPSA) is 55.1 Å². The number of hydrogen-bond donors (Lipinski definition) is 2. The van der Waals surface area contributed by atoms with Gasteiger partial charge in [0.05, 0.1) is 6.04 Å². The summed E-state index contributed by atoms with van der Waals surface area (Å²) in [7, 11) is 0. The molecule has 0 aliphatic rings. The first kappa shape index (κ1) is 16.6. The number of halogens is 1. The SMILES string of the molecule is CC(CN)CC(=O)NC(c1ccc(F)cc1)C(C)(C)C. The predicted octanol–water partition coefficient (Wildman–Crippen LogP) is 3.01. The summed E-state index contributed by atoms with van der Waals surface area (Å²) in [6.45, 7) is 8.59. The van der Waals surface area contributed by atoms with Crippen LogP contribution in [0.15, 0.2) is 24.3 Å². The van der Waals surface area contributed by atoms with Gasteiger partial charge in [-0.1, -0.05) is 39.8 Å². The third kappa shape index (κ3) is 4.93. The fourth-order valence-corrected chi connectivity index (χ4v) is 2.07. The van der Waals surface area contributed by atoms with Gasteiger partial charge in [-0.3, -0.25) is 4.79 Å². The van der Waals surface area contributed by atoms with Crippen molar-refractivity contribution in [2.75, 3.05) is 6.54 Å². The number of carbonyl (C=O) groups excluding carboxylic acids is 1. The number of benzene rings is 1. The van der Waals surface area contributed by atoms with E-state index in [-0.39, 0.29) is 29.1 Å². The number of amides is 1. The molecule has 112 valence electrons. The zero-order chi connectivity index (χ0) is 15.3. The van der Waals surface area contributed by atoms with Gasteiger partial charge in [0.15, 0.2) is 0 Å². The minimum atomic E-state index is -0.274. The Morgan fingerprint density at radius 1 is 1.30 bits per heavy atom. The lowest BCUT2D eigenvalue weighted by Crippen LogP contribution is -2.37. The normalized spacial score (nSPS) is 14.7. The van der Waals surface area contributed by atoms with Crippen LogP contribution < -0.4 is 11.1 Å². The van der Waals surface area contributed by atoms with Crippen molar-refractivity contribution in [1.29, 1.82) is 0 Å². The first-order valence-electron chi connectivity index (χ1n) is 6.99. The molecule has 0 radical (unpaired) electrons. The molecule has 1 aromatic carbocycles. The summed E-state index contributed by atoms with van der Waals surface area (Å²) < 4.78 is 13.0. The Morgan fingerprint density at radius 3 is 2.30 bits per heavy atom. The zero-order valence-corrected chi connectivity index (χ0v) is 12.7. The molecular weight excluding hydrogens is 255 g/mol. The van der Waals surface area contributed by atoms with Gasteiger partial charge >= 0.3 is 0 Å². The molecule has 0 saturated carbocycles. The molecule has 1 rings (SSSR count). The standard InChI is InChI=1S/C16H25FN2O/c1-11(10-18)9-14(20)19-15(16(2,3)4)12-5-7-13(17)8-6-12/h5-8,11,15H,9-10,18H2,1-4H3,(H,19,20). The van der Waals surface area contributed by atoms with E-state index in [1.165, 1.54) is 12.1 Å². The highest BCUT2D eigenvalue weighted by Crippen LogP contribution is 2.32. The second-order valence-electron chi connectivity index (χ2n) is 6.46. The van der Waals surface area contributed by atoms with Crippen LogP contribution in [0.2, 0.25) is 0 Å². The smallest absolute Gasteiger partial charge is 0.220 e. The molecule has 2 unspecified atom stereocenters. The van der Waals surface area contributed by atoms with E-state index in [2.05, 4.69) is 5.32 Å². The van der Waals surface area contributed by atoms with Gasteiger partial charge in [-0.15, -0.1) is 0 Å². The average Bonchev–Trinajstić information content (AvgIpc) is 2.36. The van der Waals surface area contributed by atoms with E-state index < -0.39 is 0 Å². The number of carbonyl (C=O) groups is 1. The minimum absolute atomic E-state index is 0.0211. The monoisotopic (exact) mass is 280 g/mol. The third-order valence-electron chi connectivity index (χ3n) is 3.31. The van der Waals surface area contributed by atoms with E-state index in [1.807, 2.05) is 27.7 Å². The lowest BCUT2D eigenvalue weighted by Gasteiger charge is -2.32. The van der Waals surface area contributed by atoms with Crippen LogP contribution >= 0.6 is 0 Å². The molecule has 0 bridgehead atoms. The van der Waals surface area contributed by atoms with Gasteiger partial charge in [0.25, 0.3) is 0 Å². The van der Waals surface area contributed by atoms with Crippen LogP contribution in [0.4, 0.5) is 4.39 Å². The van der Waals surface area contributed by atoms with Crippen molar-refractivity contribution in [1.82, 2.24) is 5.32 Å². The Hall–Kier alpha value is -1.42. The molecule has 1 aromatic rings. The van der Waals surface area contributed by atoms with Crippen molar-refractivity contribution < 1.29 is 9.18 Å². The van der Waals surface area contributed by atoms with Crippen LogP contribution in [0.5, 0.6) is 0 Å². The maximum Gasteiger partial charge on any atom is 0.220 e. The first-order chi connectivity index (χ1) is 9.24. The van der Waals surface area contributed by atoms with Crippen LogP contribution in [0.25, 0.3) is 0 Å². The fraction of sp³-hybridized carbons (Fsp3) is 0.562. The molecule has 0 heterocycles. The lowest BCUT2D eigenvalue weighted by atomic mass is 9.82. The fourth-order valence-electron chi connectivity index (χ4n) is 2.07. The van der Waals surface area contributed by atoms with Gasteiger partial charge in [-0.2, -0.15) is 0 Å². The average molecular weight is 280 g/mol. The summed E-state index contributed by atoms with van der Waals surface area (Å²) in [5.74, 6) is -0.138. The Labute approximate surface area is 120 Å². The predicted molar refractivity (Wildman–Crippen MR) is 79.6 cm³/mol. The van der Waals surface area contributed by atoms with E-state index in [0.717, 1.165) is 5.56 Å². The highest BCUT2D eigenvalue weighted by Gasteiger charge is 2.28. The van der Waals surface area contributed by atoms with Gasteiger partial charge in [0.2, 0.25) is 5.91 Å². The number of rotatable bonds is 5. The molecule has 0 aliphatic carbocycles.